The summed E-state index contributed by atoms with van der Waals surface area (Å²) in [5.74, 6) is -0.402. The molecule has 3 aromatic rings. The van der Waals surface area contributed by atoms with E-state index < -0.39 is 21.4 Å². The molecule has 3 nitrogen and oxygen atoms in total. The molecule has 0 aliphatic rings. The average Bonchev–Trinajstić information content (AvgIpc) is 2.76. The fourth-order valence-corrected chi connectivity index (χ4v) is 4.56. The lowest BCUT2D eigenvalue weighted by atomic mass is 10.1. The van der Waals surface area contributed by atoms with Crippen LogP contribution in [0, 0.1) is 0 Å². The molecule has 0 atom stereocenters. The van der Waals surface area contributed by atoms with Crippen LogP contribution in [-0.2, 0) is 10.1 Å². The van der Waals surface area contributed by atoms with Gasteiger partial charge in [-0.15, -0.1) is 11.3 Å². The van der Waals surface area contributed by atoms with Gasteiger partial charge in [0.15, 0.2) is 0 Å². The lowest BCUT2D eigenvalue weighted by molar-refractivity contribution is -0.0500. The minimum Gasteiger partial charge on any atom is -0.376 e. The first kappa shape index (κ1) is 17.0. The van der Waals surface area contributed by atoms with Crippen LogP contribution >= 0.6 is 43.2 Å². The standard InChI is InChI=1S/C13H5Br2F3O3S2/c14-6-1-2-11-8(3-6)9-4-7(5-10(15)12(9)22-11)21-23(19,20)13(16,17)18/h1-5H. The smallest absolute Gasteiger partial charge is 0.376 e. The monoisotopic (exact) mass is 488 g/mol. The van der Waals surface area contributed by atoms with Crippen LogP contribution in [0.5, 0.6) is 5.75 Å². The minimum absolute atomic E-state index is 0.402. The molecule has 0 bridgehead atoms. The summed E-state index contributed by atoms with van der Waals surface area (Å²) in [5.41, 5.74) is -5.48. The first-order chi connectivity index (χ1) is 10.6. The maximum atomic E-state index is 12.5. The number of alkyl halides is 3. The van der Waals surface area contributed by atoms with Gasteiger partial charge < -0.3 is 4.18 Å². The van der Waals surface area contributed by atoms with Crippen LogP contribution in [0.2, 0.25) is 0 Å². The summed E-state index contributed by atoms with van der Waals surface area (Å²) < 4.78 is 66.8. The van der Waals surface area contributed by atoms with Crippen molar-refractivity contribution in [3.05, 3.63) is 39.3 Å². The highest BCUT2D eigenvalue weighted by Gasteiger charge is 2.48. The average molecular weight is 490 g/mol. The molecule has 0 unspecified atom stereocenters. The molecule has 10 heteroatoms. The molecule has 0 radical (unpaired) electrons. The van der Waals surface area contributed by atoms with Crippen molar-refractivity contribution in [3.8, 4) is 5.75 Å². The maximum Gasteiger partial charge on any atom is 0.534 e. The molecular formula is C13H5Br2F3O3S2. The SMILES string of the molecule is O=S(=O)(Oc1cc(Br)c2sc3ccc(Br)cc3c2c1)C(F)(F)F. The van der Waals surface area contributed by atoms with Gasteiger partial charge in [-0.3, -0.25) is 0 Å². The Balaban J connectivity index is 2.21. The van der Waals surface area contributed by atoms with Crippen molar-refractivity contribution >= 4 is 73.5 Å². The van der Waals surface area contributed by atoms with E-state index in [1.54, 1.807) is 0 Å². The first-order valence-corrected chi connectivity index (χ1v) is 9.71. The number of thiophene rings is 1. The molecule has 23 heavy (non-hydrogen) atoms. The number of hydrogen-bond acceptors (Lipinski definition) is 4. The molecule has 0 N–H and O–H groups in total. The molecule has 2 aromatic carbocycles. The van der Waals surface area contributed by atoms with Crippen LogP contribution in [0.15, 0.2) is 39.3 Å². The fraction of sp³-hybridized carbons (Fsp3) is 0.0769. The summed E-state index contributed by atoms with van der Waals surface area (Å²) in [4.78, 5) is 0. The number of rotatable bonds is 2. The van der Waals surface area contributed by atoms with Crippen LogP contribution in [0.25, 0.3) is 20.2 Å². The van der Waals surface area contributed by atoms with Crippen molar-refractivity contribution in [1.29, 1.82) is 0 Å². The Morgan fingerprint density at radius 1 is 1.04 bits per heavy atom. The molecule has 1 heterocycles. The van der Waals surface area contributed by atoms with Gasteiger partial charge in [0.05, 0.1) is 0 Å². The molecular weight excluding hydrogens is 485 g/mol. The van der Waals surface area contributed by atoms with Gasteiger partial charge in [0.25, 0.3) is 0 Å². The lowest BCUT2D eigenvalue weighted by Crippen LogP contribution is -2.28. The predicted molar refractivity (Wildman–Crippen MR) is 90.3 cm³/mol. The zero-order chi connectivity index (χ0) is 17.0. The van der Waals surface area contributed by atoms with Crippen LogP contribution in [-0.4, -0.2) is 13.9 Å². The van der Waals surface area contributed by atoms with Gasteiger partial charge in [-0.05, 0) is 46.3 Å². The first-order valence-electron chi connectivity index (χ1n) is 5.90. The zero-order valence-corrected chi connectivity index (χ0v) is 15.6. The number of fused-ring (bicyclic) bond motifs is 3. The van der Waals surface area contributed by atoms with Gasteiger partial charge >= 0.3 is 15.6 Å². The quantitative estimate of drug-likeness (QED) is 0.337. The second-order valence-electron chi connectivity index (χ2n) is 4.51. The molecule has 0 saturated heterocycles. The van der Waals surface area contributed by atoms with Gasteiger partial charge in [-0.2, -0.15) is 21.6 Å². The third-order valence-electron chi connectivity index (χ3n) is 2.95. The molecule has 1 aromatic heterocycles. The third kappa shape index (κ3) is 3.09. The van der Waals surface area contributed by atoms with Crippen LogP contribution < -0.4 is 4.18 Å². The van der Waals surface area contributed by atoms with Crippen molar-refractivity contribution in [3.63, 3.8) is 0 Å². The fourth-order valence-electron chi connectivity index (χ4n) is 2.01. The Kier molecular flexibility index (Phi) is 4.14. The summed E-state index contributed by atoms with van der Waals surface area (Å²) in [5, 5.41) is 1.39. The Morgan fingerprint density at radius 3 is 2.39 bits per heavy atom. The van der Waals surface area contributed by atoms with Gasteiger partial charge in [0, 0.05) is 29.1 Å². The Labute approximate surface area is 149 Å². The van der Waals surface area contributed by atoms with Crippen molar-refractivity contribution in [2.45, 2.75) is 5.51 Å². The van der Waals surface area contributed by atoms with Crippen LogP contribution in [0.3, 0.4) is 0 Å². The Morgan fingerprint density at radius 2 is 1.74 bits per heavy atom. The van der Waals surface area contributed by atoms with E-state index >= 15 is 0 Å². The molecule has 122 valence electrons. The zero-order valence-electron chi connectivity index (χ0n) is 10.8. The predicted octanol–water partition coefficient (Wildman–Crippen LogP) is 5.81. The van der Waals surface area contributed by atoms with E-state index in [9.17, 15) is 21.6 Å². The van der Waals surface area contributed by atoms with E-state index in [2.05, 4.69) is 36.0 Å². The van der Waals surface area contributed by atoms with E-state index in [0.29, 0.717) is 9.86 Å². The summed E-state index contributed by atoms with van der Waals surface area (Å²) in [6, 6.07) is 8.01. The van der Waals surface area contributed by atoms with Gasteiger partial charge in [0.2, 0.25) is 0 Å². The summed E-state index contributed by atoms with van der Waals surface area (Å²) in [6.45, 7) is 0. The second-order valence-corrected chi connectivity index (χ2v) is 8.87. The van der Waals surface area contributed by atoms with E-state index in [4.69, 9.17) is 0 Å². The Hall–Kier alpha value is -0.840. The molecule has 0 spiro atoms. The van der Waals surface area contributed by atoms with Crippen molar-refractivity contribution in [2.24, 2.45) is 0 Å². The molecule has 0 fully saturated rings. The Bertz CT molecular complexity index is 1030. The van der Waals surface area contributed by atoms with E-state index in [1.807, 2.05) is 18.2 Å². The summed E-state index contributed by atoms with van der Waals surface area (Å²) >= 11 is 8.01. The van der Waals surface area contributed by atoms with E-state index in [0.717, 1.165) is 19.3 Å². The molecule has 0 aliphatic heterocycles. The number of halogens is 5. The normalized spacial score (nSPS) is 12.9. The highest BCUT2D eigenvalue weighted by Crippen LogP contribution is 2.42. The summed E-state index contributed by atoms with van der Waals surface area (Å²) in [7, 11) is -5.71. The highest BCUT2D eigenvalue weighted by molar-refractivity contribution is 9.11. The van der Waals surface area contributed by atoms with Crippen molar-refractivity contribution < 1.29 is 25.8 Å². The lowest BCUT2D eigenvalue weighted by Gasteiger charge is -2.10. The van der Waals surface area contributed by atoms with Crippen molar-refractivity contribution in [1.82, 2.24) is 0 Å². The molecule has 3 rings (SSSR count). The molecule has 0 amide bonds. The topological polar surface area (TPSA) is 43.4 Å². The molecule has 0 aliphatic carbocycles. The van der Waals surface area contributed by atoms with Crippen LogP contribution in [0.4, 0.5) is 13.2 Å². The third-order valence-corrected chi connectivity index (χ3v) is 6.53. The van der Waals surface area contributed by atoms with E-state index in [1.165, 1.54) is 23.5 Å². The highest BCUT2D eigenvalue weighted by atomic mass is 79.9. The number of benzene rings is 2. The van der Waals surface area contributed by atoms with E-state index in [-0.39, 0.29) is 0 Å². The van der Waals surface area contributed by atoms with Gasteiger partial charge in [-0.25, -0.2) is 0 Å². The van der Waals surface area contributed by atoms with Crippen LogP contribution in [0.1, 0.15) is 0 Å². The molecule has 0 saturated carbocycles. The minimum atomic E-state index is -5.71. The second kappa shape index (κ2) is 5.61. The van der Waals surface area contributed by atoms with Gasteiger partial charge in [0.1, 0.15) is 5.75 Å². The maximum absolute atomic E-state index is 12.5. The summed E-state index contributed by atoms with van der Waals surface area (Å²) in [6.07, 6.45) is 0. The number of hydrogen-bond donors (Lipinski definition) is 0. The largest absolute Gasteiger partial charge is 0.534 e. The van der Waals surface area contributed by atoms with Crippen molar-refractivity contribution in [2.75, 3.05) is 0 Å². The van der Waals surface area contributed by atoms with Gasteiger partial charge in [-0.1, -0.05) is 15.9 Å².